The number of ketones is 1. The number of aliphatic imine (C=N–C) groups is 1. The molecule has 2 aromatic carbocycles. The molecule has 0 fully saturated rings. The molecule has 22 heavy (non-hydrogen) atoms. The molecule has 1 N–H and O–H groups in total. The largest absolute Gasteiger partial charge is 0.506 e. The SMILES string of the molecule is CC(=O)c1ccc(N=C(C)c2sc3ccccc3c2O)cc1. The maximum atomic E-state index is 11.3. The van der Waals surface area contributed by atoms with Gasteiger partial charge in [-0.25, -0.2) is 0 Å². The minimum Gasteiger partial charge on any atom is -0.506 e. The Bertz CT molecular complexity index is 876. The number of hydrogen-bond donors (Lipinski definition) is 1. The maximum absolute atomic E-state index is 11.3. The van der Waals surface area contributed by atoms with Gasteiger partial charge in [-0.1, -0.05) is 12.1 Å². The predicted molar refractivity (Wildman–Crippen MR) is 91.8 cm³/mol. The van der Waals surface area contributed by atoms with Gasteiger partial charge in [-0.05, 0) is 50.2 Å². The van der Waals surface area contributed by atoms with E-state index in [2.05, 4.69) is 4.99 Å². The first-order chi connectivity index (χ1) is 10.6. The Morgan fingerprint density at radius 2 is 1.73 bits per heavy atom. The molecule has 0 spiro atoms. The van der Waals surface area contributed by atoms with Crippen LogP contribution >= 0.6 is 11.3 Å². The van der Waals surface area contributed by atoms with Crippen molar-refractivity contribution in [2.24, 2.45) is 4.99 Å². The van der Waals surface area contributed by atoms with Crippen molar-refractivity contribution in [2.45, 2.75) is 13.8 Å². The van der Waals surface area contributed by atoms with Gasteiger partial charge in [0.2, 0.25) is 0 Å². The van der Waals surface area contributed by atoms with Gasteiger partial charge in [0.05, 0.1) is 16.3 Å². The van der Waals surface area contributed by atoms with Gasteiger partial charge in [0.25, 0.3) is 0 Å². The lowest BCUT2D eigenvalue weighted by molar-refractivity contribution is 0.101. The summed E-state index contributed by atoms with van der Waals surface area (Å²) in [5.74, 6) is 0.316. The molecule has 0 atom stereocenters. The van der Waals surface area contributed by atoms with Gasteiger partial charge >= 0.3 is 0 Å². The zero-order valence-electron chi connectivity index (χ0n) is 12.3. The lowest BCUT2D eigenvalue weighted by Crippen LogP contribution is -1.92. The first kappa shape index (κ1) is 14.5. The van der Waals surface area contributed by atoms with E-state index in [9.17, 15) is 9.90 Å². The molecule has 0 aliphatic carbocycles. The van der Waals surface area contributed by atoms with Crippen LogP contribution in [0.5, 0.6) is 5.75 Å². The lowest BCUT2D eigenvalue weighted by atomic mass is 10.1. The fourth-order valence-electron chi connectivity index (χ4n) is 2.29. The van der Waals surface area contributed by atoms with E-state index >= 15 is 0 Å². The van der Waals surface area contributed by atoms with Crippen LogP contribution in [-0.2, 0) is 0 Å². The Labute approximate surface area is 132 Å². The molecule has 0 saturated carbocycles. The molecule has 0 aliphatic rings. The minimum atomic E-state index is 0.0365. The molecular formula is C18H15NO2S. The Morgan fingerprint density at radius 3 is 2.36 bits per heavy atom. The van der Waals surface area contributed by atoms with Crippen molar-refractivity contribution >= 4 is 38.6 Å². The van der Waals surface area contributed by atoms with E-state index in [1.165, 1.54) is 11.3 Å². The summed E-state index contributed by atoms with van der Waals surface area (Å²) >= 11 is 1.52. The number of fused-ring (bicyclic) bond motifs is 1. The summed E-state index contributed by atoms with van der Waals surface area (Å²) in [5, 5.41) is 11.2. The van der Waals surface area contributed by atoms with Crippen LogP contribution in [-0.4, -0.2) is 16.6 Å². The Kier molecular flexibility index (Phi) is 3.77. The summed E-state index contributed by atoms with van der Waals surface area (Å²) < 4.78 is 1.04. The van der Waals surface area contributed by atoms with Crippen LogP contribution in [0.4, 0.5) is 5.69 Å². The van der Waals surface area contributed by atoms with Crippen LogP contribution in [0, 0.1) is 0 Å². The number of hydrogen-bond acceptors (Lipinski definition) is 4. The third-order valence-corrected chi connectivity index (χ3v) is 4.74. The fourth-order valence-corrected chi connectivity index (χ4v) is 3.33. The molecule has 0 unspecified atom stereocenters. The smallest absolute Gasteiger partial charge is 0.159 e. The van der Waals surface area contributed by atoms with Crippen molar-refractivity contribution in [2.75, 3.05) is 0 Å². The van der Waals surface area contributed by atoms with Crippen LogP contribution in [0.2, 0.25) is 0 Å². The van der Waals surface area contributed by atoms with E-state index in [-0.39, 0.29) is 11.5 Å². The first-order valence-corrected chi connectivity index (χ1v) is 7.75. The Balaban J connectivity index is 1.99. The van der Waals surface area contributed by atoms with Crippen molar-refractivity contribution < 1.29 is 9.90 Å². The minimum absolute atomic E-state index is 0.0365. The Hall–Kier alpha value is -2.46. The van der Waals surface area contributed by atoms with Crippen molar-refractivity contribution in [3.8, 4) is 5.75 Å². The molecular weight excluding hydrogens is 294 g/mol. The molecule has 3 rings (SSSR count). The van der Waals surface area contributed by atoms with Crippen LogP contribution < -0.4 is 0 Å². The molecule has 3 aromatic rings. The average molecular weight is 309 g/mol. The average Bonchev–Trinajstić information content (AvgIpc) is 2.85. The number of carbonyl (C=O) groups excluding carboxylic acids is 1. The molecule has 1 aromatic heterocycles. The standard InChI is InChI=1S/C18H15NO2S/c1-11(19-14-9-7-13(8-10-14)12(2)20)18-17(21)15-5-3-4-6-16(15)22-18/h3-10,21H,1-2H3. The van der Waals surface area contributed by atoms with Crippen LogP contribution in [0.3, 0.4) is 0 Å². The van der Waals surface area contributed by atoms with Gasteiger partial charge in [-0.3, -0.25) is 9.79 Å². The second kappa shape index (κ2) is 5.73. The highest BCUT2D eigenvalue weighted by Crippen LogP contribution is 2.37. The number of rotatable bonds is 3. The fraction of sp³-hybridized carbons (Fsp3) is 0.111. The van der Waals surface area contributed by atoms with Gasteiger partial charge in [-0.15, -0.1) is 11.3 Å². The van der Waals surface area contributed by atoms with Gasteiger partial charge in [0.1, 0.15) is 5.75 Å². The molecule has 4 heteroatoms. The highest BCUT2D eigenvalue weighted by atomic mass is 32.1. The normalized spacial score (nSPS) is 11.8. The number of nitrogens with zero attached hydrogens (tertiary/aromatic N) is 1. The molecule has 0 saturated heterocycles. The van der Waals surface area contributed by atoms with E-state index in [4.69, 9.17) is 0 Å². The van der Waals surface area contributed by atoms with Crippen LogP contribution in [0.1, 0.15) is 29.1 Å². The molecule has 0 bridgehead atoms. The predicted octanol–water partition coefficient (Wildman–Crippen LogP) is 4.95. The quantitative estimate of drug-likeness (QED) is 0.549. The zero-order chi connectivity index (χ0) is 15.7. The monoisotopic (exact) mass is 309 g/mol. The van der Waals surface area contributed by atoms with E-state index in [0.29, 0.717) is 5.56 Å². The molecule has 3 nitrogen and oxygen atoms in total. The van der Waals surface area contributed by atoms with Crippen molar-refractivity contribution in [3.63, 3.8) is 0 Å². The number of benzene rings is 2. The highest BCUT2D eigenvalue weighted by molar-refractivity contribution is 7.21. The molecule has 1 heterocycles. The number of aromatic hydroxyl groups is 1. The molecule has 0 aliphatic heterocycles. The maximum Gasteiger partial charge on any atom is 0.159 e. The second-order valence-corrected chi connectivity index (χ2v) is 6.13. The zero-order valence-corrected chi connectivity index (χ0v) is 13.1. The van der Waals surface area contributed by atoms with E-state index in [1.54, 1.807) is 19.1 Å². The summed E-state index contributed by atoms with van der Waals surface area (Å²) in [6.45, 7) is 3.42. The first-order valence-electron chi connectivity index (χ1n) is 6.93. The van der Waals surface area contributed by atoms with E-state index in [0.717, 1.165) is 26.4 Å². The topological polar surface area (TPSA) is 49.7 Å². The molecule has 110 valence electrons. The third-order valence-electron chi connectivity index (χ3n) is 3.47. The summed E-state index contributed by atoms with van der Waals surface area (Å²) in [5.41, 5.74) is 2.19. The number of Topliss-reactive ketones (excluding diaryl/α,β-unsaturated/α-hetero) is 1. The van der Waals surface area contributed by atoms with E-state index in [1.807, 2.05) is 43.3 Å². The van der Waals surface area contributed by atoms with Crippen LogP contribution in [0.15, 0.2) is 53.5 Å². The van der Waals surface area contributed by atoms with E-state index < -0.39 is 0 Å². The van der Waals surface area contributed by atoms with Crippen molar-refractivity contribution in [1.29, 1.82) is 0 Å². The summed E-state index contributed by atoms with van der Waals surface area (Å²) in [4.78, 5) is 16.6. The van der Waals surface area contributed by atoms with Gasteiger partial charge in [0.15, 0.2) is 5.78 Å². The highest BCUT2D eigenvalue weighted by Gasteiger charge is 2.13. The third kappa shape index (κ3) is 2.65. The van der Waals surface area contributed by atoms with Crippen molar-refractivity contribution in [3.05, 3.63) is 59.0 Å². The molecule has 0 radical (unpaired) electrons. The van der Waals surface area contributed by atoms with Gasteiger partial charge < -0.3 is 5.11 Å². The summed E-state index contributed by atoms with van der Waals surface area (Å²) in [7, 11) is 0. The van der Waals surface area contributed by atoms with Crippen molar-refractivity contribution in [1.82, 2.24) is 0 Å². The van der Waals surface area contributed by atoms with Crippen LogP contribution in [0.25, 0.3) is 10.1 Å². The van der Waals surface area contributed by atoms with Gasteiger partial charge in [0, 0.05) is 15.6 Å². The number of carbonyl (C=O) groups is 1. The summed E-state index contributed by atoms with van der Waals surface area (Å²) in [6.07, 6.45) is 0. The van der Waals surface area contributed by atoms with Gasteiger partial charge in [-0.2, -0.15) is 0 Å². The second-order valence-electron chi connectivity index (χ2n) is 5.08. The Morgan fingerprint density at radius 1 is 1.05 bits per heavy atom. The summed E-state index contributed by atoms with van der Waals surface area (Å²) in [6, 6.07) is 14.9. The molecule has 0 amide bonds. The lowest BCUT2D eigenvalue weighted by Gasteiger charge is -2.00. The number of thiophene rings is 1.